The van der Waals surface area contributed by atoms with Crippen molar-refractivity contribution in [3.8, 4) is 39.8 Å². The maximum absolute atomic E-state index is 14.3. The zero-order valence-electron chi connectivity index (χ0n) is 24.5. The van der Waals surface area contributed by atoms with E-state index in [2.05, 4.69) is 0 Å². The molecule has 0 amide bonds. The first-order chi connectivity index (χ1) is 21.3. The average Bonchev–Trinajstić information content (AvgIpc) is 3.06. The van der Waals surface area contributed by atoms with Gasteiger partial charge in [-0.25, -0.2) is 9.59 Å². The van der Waals surface area contributed by atoms with Crippen LogP contribution in [-0.2, 0) is 11.3 Å². The predicted octanol–water partition coefficient (Wildman–Crippen LogP) is 5.75. The Kier molecular flexibility index (Phi) is 8.52. The predicted molar refractivity (Wildman–Crippen MR) is 164 cm³/mol. The lowest BCUT2D eigenvalue weighted by Crippen LogP contribution is -2.27. The molecule has 0 unspecified atom stereocenters. The highest BCUT2D eigenvalue weighted by atomic mass is 16.5. The van der Waals surface area contributed by atoms with Crippen molar-refractivity contribution in [2.45, 2.75) is 6.61 Å². The molecule has 224 valence electrons. The maximum Gasteiger partial charge on any atom is 0.355 e. The minimum Gasteiger partial charge on any atom is -0.493 e. The van der Waals surface area contributed by atoms with Crippen LogP contribution >= 0.6 is 0 Å². The molecule has 0 aliphatic rings. The van der Waals surface area contributed by atoms with Gasteiger partial charge in [0.15, 0.2) is 11.5 Å². The van der Waals surface area contributed by atoms with Crippen molar-refractivity contribution in [1.29, 1.82) is 0 Å². The number of nitrogens with zero attached hydrogens (tertiary/aromatic N) is 1. The highest BCUT2D eigenvalue weighted by Crippen LogP contribution is 2.44. The van der Waals surface area contributed by atoms with Crippen molar-refractivity contribution in [3.05, 3.63) is 112 Å². The average molecular weight is 596 g/mol. The molecule has 0 saturated heterocycles. The molecule has 44 heavy (non-hydrogen) atoms. The second kappa shape index (κ2) is 12.6. The van der Waals surface area contributed by atoms with Gasteiger partial charge in [-0.1, -0.05) is 36.4 Å². The Morgan fingerprint density at radius 1 is 0.773 bits per heavy atom. The number of carboxylic acid groups (broad SMARTS) is 1. The summed E-state index contributed by atoms with van der Waals surface area (Å²) < 4.78 is 29.0. The molecular weight excluding hydrogens is 566 g/mol. The van der Waals surface area contributed by atoms with Crippen LogP contribution in [0, 0.1) is 0 Å². The SMILES string of the molecule is COC(=O)c1c(-c2cc(OC)c(OC)c(OC)c2)c2ccc(OCc3ccccc3)cc2c(=O)n1-c1cccc(C(=O)O)c1. The third-order valence-electron chi connectivity index (χ3n) is 7.09. The molecule has 0 bridgehead atoms. The first kappa shape index (κ1) is 29.7. The van der Waals surface area contributed by atoms with E-state index in [9.17, 15) is 19.5 Å². The molecule has 4 aromatic carbocycles. The number of ether oxygens (including phenoxy) is 5. The number of hydrogen-bond donors (Lipinski definition) is 1. The molecule has 0 spiro atoms. The molecule has 0 saturated carbocycles. The summed E-state index contributed by atoms with van der Waals surface area (Å²) in [6.07, 6.45) is 0. The van der Waals surface area contributed by atoms with Crippen LogP contribution in [0.15, 0.2) is 89.7 Å². The van der Waals surface area contributed by atoms with Crippen molar-refractivity contribution in [1.82, 2.24) is 4.57 Å². The zero-order chi connectivity index (χ0) is 31.4. The monoisotopic (exact) mass is 595 g/mol. The van der Waals surface area contributed by atoms with Crippen LogP contribution in [0.5, 0.6) is 23.0 Å². The van der Waals surface area contributed by atoms with E-state index in [0.29, 0.717) is 39.5 Å². The van der Waals surface area contributed by atoms with Gasteiger partial charge in [-0.05, 0) is 65.0 Å². The minimum atomic E-state index is -1.19. The van der Waals surface area contributed by atoms with Gasteiger partial charge in [-0.2, -0.15) is 0 Å². The summed E-state index contributed by atoms with van der Waals surface area (Å²) in [6, 6.07) is 23.6. The van der Waals surface area contributed by atoms with E-state index in [1.807, 2.05) is 30.3 Å². The fourth-order valence-corrected chi connectivity index (χ4v) is 5.04. The van der Waals surface area contributed by atoms with E-state index >= 15 is 0 Å². The van der Waals surface area contributed by atoms with Gasteiger partial charge in [0, 0.05) is 5.56 Å². The van der Waals surface area contributed by atoms with Crippen LogP contribution in [0.1, 0.15) is 26.4 Å². The summed E-state index contributed by atoms with van der Waals surface area (Å²) >= 11 is 0. The number of carboxylic acids is 1. The molecule has 0 aliphatic heterocycles. The van der Waals surface area contributed by atoms with Gasteiger partial charge < -0.3 is 28.8 Å². The van der Waals surface area contributed by atoms with E-state index in [4.69, 9.17) is 23.7 Å². The van der Waals surface area contributed by atoms with Crippen LogP contribution in [0.25, 0.3) is 27.6 Å². The Hall–Kier alpha value is -5.77. The van der Waals surface area contributed by atoms with Crippen LogP contribution in [-0.4, -0.2) is 50.1 Å². The lowest BCUT2D eigenvalue weighted by molar-refractivity contribution is 0.0591. The van der Waals surface area contributed by atoms with Crippen LogP contribution in [0.4, 0.5) is 0 Å². The van der Waals surface area contributed by atoms with Crippen LogP contribution in [0.3, 0.4) is 0 Å². The maximum atomic E-state index is 14.3. The van der Waals surface area contributed by atoms with E-state index < -0.39 is 17.5 Å². The topological polar surface area (TPSA) is 123 Å². The summed E-state index contributed by atoms with van der Waals surface area (Å²) in [5.41, 5.74) is 1.09. The lowest BCUT2D eigenvalue weighted by atomic mass is 9.95. The van der Waals surface area contributed by atoms with Gasteiger partial charge in [0.05, 0.1) is 45.1 Å². The summed E-state index contributed by atoms with van der Waals surface area (Å²) in [5, 5.41) is 10.3. The Morgan fingerprint density at radius 2 is 1.48 bits per heavy atom. The highest BCUT2D eigenvalue weighted by Gasteiger charge is 2.27. The number of carbonyl (C=O) groups is 2. The van der Waals surface area contributed by atoms with Crippen molar-refractivity contribution >= 4 is 22.7 Å². The van der Waals surface area contributed by atoms with Crippen molar-refractivity contribution in [2.75, 3.05) is 28.4 Å². The summed E-state index contributed by atoms with van der Waals surface area (Å²) in [7, 11) is 5.61. The Bertz CT molecular complexity index is 1900. The number of aromatic carboxylic acids is 1. The number of carbonyl (C=O) groups excluding carboxylic acids is 1. The lowest BCUT2D eigenvalue weighted by Gasteiger charge is -2.21. The summed E-state index contributed by atoms with van der Waals surface area (Å²) in [5.74, 6) is -0.620. The van der Waals surface area contributed by atoms with Gasteiger partial charge in [-0.15, -0.1) is 0 Å². The number of aromatic nitrogens is 1. The van der Waals surface area contributed by atoms with Crippen molar-refractivity contribution in [2.24, 2.45) is 0 Å². The molecule has 1 aromatic heterocycles. The highest BCUT2D eigenvalue weighted by molar-refractivity contribution is 6.08. The third kappa shape index (κ3) is 5.52. The van der Waals surface area contributed by atoms with Crippen molar-refractivity contribution in [3.63, 3.8) is 0 Å². The number of fused-ring (bicyclic) bond motifs is 1. The van der Waals surface area contributed by atoms with Crippen LogP contribution < -0.4 is 24.5 Å². The van der Waals surface area contributed by atoms with Gasteiger partial charge in [0.1, 0.15) is 18.1 Å². The number of hydrogen-bond acceptors (Lipinski definition) is 8. The number of pyridine rings is 1. The van der Waals surface area contributed by atoms with Gasteiger partial charge in [0.25, 0.3) is 5.56 Å². The second-order valence-corrected chi connectivity index (χ2v) is 9.61. The van der Waals surface area contributed by atoms with E-state index in [1.54, 1.807) is 36.4 Å². The molecular formula is C34H29NO9. The molecule has 1 heterocycles. The van der Waals surface area contributed by atoms with E-state index in [-0.39, 0.29) is 28.9 Å². The molecule has 5 rings (SSSR count). The van der Waals surface area contributed by atoms with Crippen LogP contribution in [0.2, 0.25) is 0 Å². The molecule has 10 nitrogen and oxygen atoms in total. The minimum absolute atomic E-state index is 0.0698. The summed E-state index contributed by atoms with van der Waals surface area (Å²) in [6.45, 7) is 0.265. The standard InChI is InChI=1S/C34H29NO9/c1-40-27-16-22(17-28(41-2)31(27)42-3)29-25-14-13-24(44-19-20-9-6-5-7-10-20)18-26(25)32(36)35(30(29)34(39)43-4)23-12-8-11-21(15-23)33(37)38/h5-18H,19H2,1-4H3,(H,37,38). The van der Waals surface area contributed by atoms with E-state index in [1.165, 1.54) is 46.6 Å². The van der Waals surface area contributed by atoms with E-state index in [0.717, 1.165) is 10.1 Å². The Morgan fingerprint density at radius 3 is 2.09 bits per heavy atom. The first-order valence-corrected chi connectivity index (χ1v) is 13.4. The number of methoxy groups -OCH3 is 4. The van der Waals surface area contributed by atoms with Gasteiger partial charge >= 0.3 is 11.9 Å². The number of benzene rings is 4. The summed E-state index contributed by atoms with van der Waals surface area (Å²) in [4.78, 5) is 39.7. The largest absolute Gasteiger partial charge is 0.493 e. The molecule has 5 aromatic rings. The molecule has 0 aliphatic carbocycles. The first-order valence-electron chi connectivity index (χ1n) is 13.4. The zero-order valence-corrected chi connectivity index (χ0v) is 24.5. The number of esters is 1. The third-order valence-corrected chi connectivity index (χ3v) is 7.09. The fourth-order valence-electron chi connectivity index (χ4n) is 5.04. The molecule has 0 atom stereocenters. The molecule has 1 N–H and O–H groups in total. The quantitative estimate of drug-likeness (QED) is 0.201. The molecule has 0 radical (unpaired) electrons. The van der Waals surface area contributed by atoms with Gasteiger partial charge in [-0.3, -0.25) is 9.36 Å². The molecule has 0 fully saturated rings. The normalized spacial score (nSPS) is 10.7. The second-order valence-electron chi connectivity index (χ2n) is 9.61. The Balaban J connectivity index is 1.87. The molecule has 10 heteroatoms. The number of rotatable bonds is 10. The van der Waals surface area contributed by atoms with Gasteiger partial charge in [0.2, 0.25) is 5.75 Å². The van der Waals surface area contributed by atoms with Crippen molar-refractivity contribution < 1.29 is 38.4 Å². The smallest absolute Gasteiger partial charge is 0.355 e. The Labute approximate surface area is 252 Å². The fraction of sp³-hybridized carbons (Fsp3) is 0.147.